The Kier molecular flexibility index (Phi) is 1.68. The Morgan fingerprint density at radius 2 is 1.05 bits per heavy atom. The van der Waals surface area contributed by atoms with Gasteiger partial charge in [-0.25, -0.2) is 9.97 Å². The van der Waals surface area contributed by atoms with Gasteiger partial charge in [-0.3, -0.25) is 0 Å². The van der Waals surface area contributed by atoms with E-state index in [1.54, 1.807) is 0 Å². The molecule has 5 rings (SSSR count). The number of rotatable bonds is 0. The van der Waals surface area contributed by atoms with E-state index in [0.29, 0.717) is 0 Å². The molecule has 0 atom stereocenters. The quantitative estimate of drug-likeness (QED) is 0.447. The summed E-state index contributed by atoms with van der Waals surface area (Å²) in [5.74, 6) is 0. The molecule has 2 aromatic carbocycles. The molecule has 20 heavy (non-hydrogen) atoms. The maximum absolute atomic E-state index is 4.70. The minimum absolute atomic E-state index is 0.929. The third kappa shape index (κ3) is 1.15. The first-order valence-electron chi connectivity index (χ1n) is 6.55. The summed E-state index contributed by atoms with van der Waals surface area (Å²) in [6, 6.07) is 16.1. The Labute approximate surface area is 113 Å². The lowest BCUT2D eigenvalue weighted by atomic mass is 10.2. The standard InChI is InChI=1S/C16H10N4/c1-2-6-10-9(5-1)17-13-14(18-10)16-15(13)19-11-7-3-4-8-12(11)20-16/h1-8,17-18H. The van der Waals surface area contributed by atoms with Crippen LogP contribution in [0.5, 0.6) is 0 Å². The molecule has 1 aromatic heterocycles. The molecule has 0 saturated carbocycles. The highest BCUT2D eigenvalue weighted by atomic mass is 14.9. The van der Waals surface area contributed by atoms with E-state index in [0.717, 1.165) is 43.8 Å². The number of H-pyrrole nitrogens is 2. The van der Waals surface area contributed by atoms with Crippen molar-refractivity contribution in [2.24, 2.45) is 0 Å². The van der Waals surface area contributed by atoms with Crippen LogP contribution in [0.1, 0.15) is 0 Å². The first-order chi connectivity index (χ1) is 9.90. The van der Waals surface area contributed by atoms with Crippen molar-refractivity contribution in [3.8, 4) is 0 Å². The van der Waals surface area contributed by atoms with Gasteiger partial charge >= 0.3 is 0 Å². The maximum Gasteiger partial charge on any atom is 0.117 e. The Bertz CT molecular complexity index is 1060. The maximum atomic E-state index is 4.70. The molecular weight excluding hydrogens is 248 g/mol. The lowest BCUT2D eigenvalue weighted by molar-refractivity contribution is 1.15. The highest BCUT2D eigenvalue weighted by Crippen LogP contribution is 2.23. The van der Waals surface area contributed by atoms with Crippen LogP contribution in [0, 0.1) is 10.7 Å². The molecule has 4 heteroatoms. The molecule has 0 unspecified atom stereocenters. The van der Waals surface area contributed by atoms with Gasteiger partial charge in [-0.15, -0.1) is 0 Å². The van der Waals surface area contributed by atoms with E-state index < -0.39 is 0 Å². The normalized spacial score (nSPS) is 12.0. The van der Waals surface area contributed by atoms with Gasteiger partial charge in [-0.05, 0) is 24.3 Å². The van der Waals surface area contributed by atoms with Gasteiger partial charge in [-0.1, -0.05) is 24.3 Å². The molecule has 0 bridgehead atoms. The molecule has 2 aliphatic rings. The number of para-hydroxylation sites is 4. The Morgan fingerprint density at radius 1 is 0.600 bits per heavy atom. The summed E-state index contributed by atoms with van der Waals surface area (Å²) in [5, 5.41) is 2.08. The second kappa shape index (κ2) is 3.36. The van der Waals surface area contributed by atoms with Crippen molar-refractivity contribution >= 4 is 33.1 Å². The van der Waals surface area contributed by atoms with Gasteiger partial charge in [0.2, 0.25) is 0 Å². The van der Waals surface area contributed by atoms with Gasteiger partial charge in [0, 0.05) is 0 Å². The van der Waals surface area contributed by atoms with Crippen LogP contribution in [0.4, 0.5) is 0 Å². The molecule has 1 aliphatic carbocycles. The number of nitrogens with zero attached hydrogens (tertiary/aromatic N) is 2. The zero-order valence-electron chi connectivity index (χ0n) is 10.5. The van der Waals surface area contributed by atoms with Crippen LogP contribution in [-0.4, -0.2) is 19.9 Å². The van der Waals surface area contributed by atoms with E-state index in [1.165, 1.54) is 0 Å². The van der Waals surface area contributed by atoms with Crippen LogP contribution in [0.2, 0.25) is 0 Å². The van der Waals surface area contributed by atoms with Crippen LogP contribution in [-0.2, 0) is 0 Å². The molecule has 94 valence electrons. The SMILES string of the molecule is c1ccc2nc3c4[nH]c5ccccc5[nH]c=4c3nc2c1. The van der Waals surface area contributed by atoms with E-state index in [9.17, 15) is 0 Å². The molecular formula is C16H10N4. The fourth-order valence-electron chi connectivity index (χ4n) is 2.74. The van der Waals surface area contributed by atoms with Crippen molar-refractivity contribution in [1.82, 2.24) is 19.9 Å². The fourth-order valence-corrected chi connectivity index (χ4v) is 2.74. The number of hydrogen-bond donors (Lipinski definition) is 2. The van der Waals surface area contributed by atoms with Crippen LogP contribution in [0.3, 0.4) is 0 Å². The molecule has 2 heterocycles. The van der Waals surface area contributed by atoms with Crippen molar-refractivity contribution < 1.29 is 0 Å². The van der Waals surface area contributed by atoms with Gasteiger partial charge in [0.05, 0.1) is 32.8 Å². The molecule has 2 N–H and O–H groups in total. The van der Waals surface area contributed by atoms with Gasteiger partial charge in [0.25, 0.3) is 0 Å². The Balaban J connectivity index is 2.03. The predicted octanol–water partition coefficient (Wildman–Crippen LogP) is 3.32. The number of benzene rings is 2. The number of aromatic amines is 2. The van der Waals surface area contributed by atoms with Gasteiger partial charge in [0.1, 0.15) is 11.0 Å². The average Bonchev–Trinajstić information content (AvgIpc) is 2.52. The van der Waals surface area contributed by atoms with Gasteiger partial charge < -0.3 is 9.97 Å². The average molecular weight is 258 g/mol. The molecule has 0 amide bonds. The number of hydrogen-bond acceptors (Lipinski definition) is 2. The first-order valence-corrected chi connectivity index (χ1v) is 6.55. The van der Waals surface area contributed by atoms with Crippen molar-refractivity contribution in [3.05, 3.63) is 59.2 Å². The molecule has 1 aliphatic heterocycles. The topological polar surface area (TPSA) is 57.4 Å². The third-order valence-electron chi connectivity index (χ3n) is 3.74. The molecule has 3 aromatic rings. The number of aromatic nitrogens is 4. The monoisotopic (exact) mass is 258 g/mol. The molecule has 0 fully saturated rings. The van der Waals surface area contributed by atoms with Crippen molar-refractivity contribution in [2.75, 3.05) is 0 Å². The van der Waals surface area contributed by atoms with E-state index in [4.69, 9.17) is 9.97 Å². The Hall–Kier alpha value is -2.88. The van der Waals surface area contributed by atoms with E-state index in [2.05, 4.69) is 22.1 Å². The molecule has 0 saturated heterocycles. The van der Waals surface area contributed by atoms with Crippen molar-refractivity contribution in [3.63, 3.8) is 0 Å². The van der Waals surface area contributed by atoms with Crippen molar-refractivity contribution in [2.45, 2.75) is 0 Å². The summed E-state index contributed by atoms with van der Waals surface area (Å²) in [5.41, 5.74) is 5.90. The second-order valence-electron chi connectivity index (χ2n) is 4.96. The van der Waals surface area contributed by atoms with Crippen molar-refractivity contribution in [1.29, 1.82) is 0 Å². The minimum atomic E-state index is 0.929. The fraction of sp³-hybridized carbons (Fsp3) is 0. The highest BCUT2D eigenvalue weighted by Gasteiger charge is 2.12. The van der Waals surface area contributed by atoms with Crippen LogP contribution in [0.25, 0.3) is 33.1 Å². The smallest absolute Gasteiger partial charge is 0.117 e. The Morgan fingerprint density at radius 3 is 1.55 bits per heavy atom. The van der Waals surface area contributed by atoms with E-state index in [1.807, 2.05) is 36.4 Å². The number of nitrogens with one attached hydrogen (secondary N) is 2. The second-order valence-corrected chi connectivity index (χ2v) is 4.96. The first kappa shape index (κ1) is 9.97. The summed E-state index contributed by atoms with van der Waals surface area (Å²) in [7, 11) is 0. The van der Waals surface area contributed by atoms with Crippen LogP contribution >= 0.6 is 0 Å². The zero-order valence-corrected chi connectivity index (χ0v) is 10.5. The molecule has 0 spiro atoms. The van der Waals surface area contributed by atoms with E-state index >= 15 is 0 Å². The predicted molar refractivity (Wildman–Crippen MR) is 78.6 cm³/mol. The minimum Gasteiger partial charge on any atom is -0.350 e. The molecule has 0 radical (unpaired) electrons. The van der Waals surface area contributed by atoms with E-state index in [-0.39, 0.29) is 0 Å². The van der Waals surface area contributed by atoms with Crippen LogP contribution in [0.15, 0.2) is 48.5 Å². The summed E-state index contributed by atoms with van der Waals surface area (Å²) in [4.78, 5) is 16.3. The number of fused-ring (bicyclic) bond motifs is 5. The van der Waals surface area contributed by atoms with Gasteiger partial charge in [0.15, 0.2) is 0 Å². The summed E-state index contributed by atoms with van der Waals surface area (Å²) < 4.78 is 0. The van der Waals surface area contributed by atoms with Crippen LogP contribution < -0.4 is 0 Å². The lowest BCUT2D eigenvalue weighted by Crippen LogP contribution is -2.01. The zero-order chi connectivity index (χ0) is 13.1. The summed E-state index contributed by atoms with van der Waals surface area (Å²) in [6.07, 6.45) is 0. The van der Waals surface area contributed by atoms with Gasteiger partial charge in [-0.2, -0.15) is 0 Å². The summed E-state index contributed by atoms with van der Waals surface area (Å²) in [6.45, 7) is 0. The molecule has 4 nitrogen and oxygen atoms in total. The highest BCUT2D eigenvalue weighted by molar-refractivity contribution is 5.90. The lowest BCUT2D eigenvalue weighted by Gasteiger charge is -2.10. The largest absolute Gasteiger partial charge is 0.350 e. The third-order valence-corrected chi connectivity index (χ3v) is 3.74. The summed E-state index contributed by atoms with van der Waals surface area (Å²) >= 11 is 0.